The van der Waals surface area contributed by atoms with E-state index in [2.05, 4.69) is 4.90 Å². The molecule has 1 saturated heterocycles. The lowest BCUT2D eigenvalue weighted by Gasteiger charge is -2.37. The fourth-order valence-corrected chi connectivity index (χ4v) is 5.81. The molecule has 7 nitrogen and oxygen atoms in total. The van der Waals surface area contributed by atoms with Gasteiger partial charge in [0.25, 0.3) is 10.0 Å². The van der Waals surface area contributed by atoms with E-state index in [1.165, 1.54) is 19.2 Å². The number of benzene rings is 3. The number of para-hydroxylation sites is 2. The molecule has 1 fully saturated rings. The monoisotopic (exact) mass is 513 g/mol. The van der Waals surface area contributed by atoms with Crippen LogP contribution in [-0.4, -0.2) is 59.1 Å². The van der Waals surface area contributed by atoms with Crippen LogP contribution in [0.15, 0.2) is 77.7 Å². The first-order valence-corrected chi connectivity index (χ1v) is 13.1. The van der Waals surface area contributed by atoms with Crippen molar-refractivity contribution in [2.45, 2.75) is 11.8 Å². The number of carbonyl (C=O) groups excluding carboxylic acids is 1. The van der Waals surface area contributed by atoms with Crippen LogP contribution in [0.5, 0.6) is 5.75 Å². The maximum Gasteiger partial charge on any atom is 0.264 e. The highest BCUT2D eigenvalue weighted by Crippen LogP contribution is 2.32. The summed E-state index contributed by atoms with van der Waals surface area (Å²) in [7, 11) is -2.53. The highest BCUT2D eigenvalue weighted by Gasteiger charge is 2.32. The average molecular weight is 514 g/mol. The lowest BCUT2D eigenvalue weighted by atomic mass is 10.1. The summed E-state index contributed by atoms with van der Waals surface area (Å²) in [6.07, 6.45) is 0. The smallest absolute Gasteiger partial charge is 0.264 e. The zero-order valence-electron chi connectivity index (χ0n) is 19.7. The Labute approximate surface area is 211 Å². The van der Waals surface area contributed by atoms with E-state index in [1.54, 1.807) is 47.4 Å². The van der Waals surface area contributed by atoms with Gasteiger partial charge >= 0.3 is 0 Å². The van der Waals surface area contributed by atoms with Crippen molar-refractivity contribution >= 4 is 38.9 Å². The van der Waals surface area contributed by atoms with Crippen LogP contribution in [0.25, 0.3) is 0 Å². The molecule has 1 aliphatic heterocycles. The molecule has 1 heterocycles. The van der Waals surface area contributed by atoms with E-state index in [-0.39, 0.29) is 17.3 Å². The van der Waals surface area contributed by atoms with Gasteiger partial charge in [0.05, 0.1) is 17.7 Å². The maximum absolute atomic E-state index is 13.6. The summed E-state index contributed by atoms with van der Waals surface area (Å²) >= 11 is 6.18. The van der Waals surface area contributed by atoms with Crippen LogP contribution in [0.4, 0.5) is 11.4 Å². The second kappa shape index (κ2) is 10.6. The number of methoxy groups -OCH3 is 1. The second-order valence-electron chi connectivity index (χ2n) is 8.30. The SMILES string of the molecule is COc1ccccc1N(CC(=O)N1CCN(c2cc(Cl)ccc2C)CC1)S(=O)(=O)c1ccccc1. The molecule has 0 unspecified atom stereocenters. The van der Waals surface area contributed by atoms with E-state index >= 15 is 0 Å². The largest absolute Gasteiger partial charge is 0.495 e. The molecule has 184 valence electrons. The number of rotatable bonds is 7. The van der Waals surface area contributed by atoms with Crippen LogP contribution in [-0.2, 0) is 14.8 Å². The summed E-state index contributed by atoms with van der Waals surface area (Å²) in [5.74, 6) is 0.110. The van der Waals surface area contributed by atoms with Crippen molar-refractivity contribution in [2.24, 2.45) is 0 Å². The molecule has 0 saturated carbocycles. The minimum atomic E-state index is -4.00. The van der Waals surface area contributed by atoms with Gasteiger partial charge in [0.1, 0.15) is 12.3 Å². The van der Waals surface area contributed by atoms with Crippen molar-refractivity contribution in [2.75, 3.05) is 49.0 Å². The predicted molar refractivity (Wildman–Crippen MR) is 139 cm³/mol. The number of anilines is 2. The third-order valence-corrected chi connectivity index (χ3v) is 8.12. The molecule has 0 aromatic heterocycles. The fourth-order valence-electron chi connectivity index (χ4n) is 4.20. The van der Waals surface area contributed by atoms with Gasteiger partial charge in [0.15, 0.2) is 0 Å². The molecule has 0 N–H and O–H groups in total. The standard InChI is InChI=1S/C26H28ClN3O4S/c1-20-12-13-21(27)18-24(20)28-14-16-29(17-15-28)26(31)19-30(23-10-6-7-11-25(23)34-2)35(32,33)22-8-4-3-5-9-22/h3-13,18H,14-17,19H2,1-2H3. The van der Waals surface area contributed by atoms with Crippen molar-refractivity contribution in [3.05, 3.63) is 83.4 Å². The minimum absolute atomic E-state index is 0.111. The summed E-state index contributed by atoms with van der Waals surface area (Å²) in [4.78, 5) is 17.4. The van der Waals surface area contributed by atoms with E-state index in [1.807, 2.05) is 25.1 Å². The Hall–Kier alpha value is -3.23. The van der Waals surface area contributed by atoms with E-state index < -0.39 is 10.0 Å². The summed E-state index contributed by atoms with van der Waals surface area (Å²) in [5.41, 5.74) is 2.48. The minimum Gasteiger partial charge on any atom is -0.495 e. The zero-order valence-corrected chi connectivity index (χ0v) is 21.3. The molecule has 9 heteroatoms. The molecule has 1 amide bonds. The third kappa shape index (κ3) is 5.39. The van der Waals surface area contributed by atoms with E-state index in [4.69, 9.17) is 16.3 Å². The highest BCUT2D eigenvalue weighted by atomic mass is 35.5. The van der Waals surface area contributed by atoms with Gasteiger partial charge in [-0.1, -0.05) is 48.0 Å². The number of piperazine rings is 1. The molecular formula is C26H28ClN3O4S. The van der Waals surface area contributed by atoms with Gasteiger partial charge in [-0.05, 0) is 48.9 Å². The van der Waals surface area contributed by atoms with Gasteiger partial charge in [-0.15, -0.1) is 0 Å². The Bertz CT molecular complexity index is 1290. The number of sulfonamides is 1. The van der Waals surface area contributed by atoms with E-state index in [0.29, 0.717) is 42.6 Å². The molecular weight excluding hydrogens is 486 g/mol. The molecule has 4 rings (SSSR count). The molecule has 0 bridgehead atoms. The van der Waals surface area contributed by atoms with Gasteiger partial charge in [-0.25, -0.2) is 8.42 Å². The molecule has 0 radical (unpaired) electrons. The number of ether oxygens (including phenoxy) is 1. The lowest BCUT2D eigenvalue weighted by molar-refractivity contribution is -0.129. The number of halogens is 1. The van der Waals surface area contributed by atoms with Crippen LogP contribution >= 0.6 is 11.6 Å². The normalized spacial score (nSPS) is 14.0. The number of nitrogens with zero attached hydrogens (tertiary/aromatic N) is 3. The Balaban J connectivity index is 1.56. The summed E-state index contributed by atoms with van der Waals surface area (Å²) < 4.78 is 33.8. The topological polar surface area (TPSA) is 70.2 Å². The van der Waals surface area contributed by atoms with Crippen LogP contribution in [0.3, 0.4) is 0 Å². The Morgan fingerprint density at radius 3 is 2.31 bits per heavy atom. The summed E-state index contributed by atoms with van der Waals surface area (Å²) in [6.45, 7) is 3.93. The predicted octanol–water partition coefficient (Wildman–Crippen LogP) is 4.20. The number of aryl methyl sites for hydroxylation is 1. The second-order valence-corrected chi connectivity index (χ2v) is 10.6. The molecule has 1 aliphatic rings. The first kappa shape index (κ1) is 24.9. The van der Waals surface area contributed by atoms with Crippen molar-refractivity contribution < 1.29 is 17.9 Å². The Morgan fingerprint density at radius 1 is 0.971 bits per heavy atom. The average Bonchev–Trinajstić information content (AvgIpc) is 2.89. The molecule has 0 spiro atoms. The van der Waals surface area contributed by atoms with Crippen LogP contribution < -0.4 is 13.9 Å². The first-order chi connectivity index (χ1) is 16.8. The number of carbonyl (C=O) groups is 1. The number of hydrogen-bond acceptors (Lipinski definition) is 5. The molecule has 0 aliphatic carbocycles. The first-order valence-electron chi connectivity index (χ1n) is 11.3. The van der Waals surface area contributed by atoms with Crippen LogP contribution in [0.1, 0.15) is 5.56 Å². The summed E-state index contributed by atoms with van der Waals surface area (Å²) in [5, 5.41) is 0.669. The van der Waals surface area contributed by atoms with Gasteiger partial charge in [-0.3, -0.25) is 9.10 Å². The quantitative estimate of drug-likeness (QED) is 0.473. The zero-order chi connectivity index (χ0) is 25.0. The van der Waals surface area contributed by atoms with Crippen LogP contribution in [0, 0.1) is 6.92 Å². The maximum atomic E-state index is 13.6. The summed E-state index contributed by atoms with van der Waals surface area (Å²) in [6, 6.07) is 20.7. The van der Waals surface area contributed by atoms with Crippen molar-refractivity contribution in [3.8, 4) is 5.75 Å². The van der Waals surface area contributed by atoms with Gasteiger partial charge in [-0.2, -0.15) is 0 Å². The van der Waals surface area contributed by atoms with Gasteiger partial charge in [0.2, 0.25) is 5.91 Å². The Kier molecular flexibility index (Phi) is 7.52. The molecule has 3 aromatic rings. The van der Waals surface area contributed by atoms with E-state index in [9.17, 15) is 13.2 Å². The molecule has 0 atom stereocenters. The lowest BCUT2D eigenvalue weighted by Crippen LogP contribution is -2.52. The van der Waals surface area contributed by atoms with Crippen LogP contribution in [0.2, 0.25) is 5.02 Å². The van der Waals surface area contributed by atoms with Crippen molar-refractivity contribution in [3.63, 3.8) is 0 Å². The number of amides is 1. The fraction of sp³-hybridized carbons (Fsp3) is 0.269. The van der Waals surface area contributed by atoms with E-state index in [0.717, 1.165) is 15.6 Å². The van der Waals surface area contributed by atoms with Crippen molar-refractivity contribution in [1.29, 1.82) is 0 Å². The third-order valence-electron chi connectivity index (χ3n) is 6.11. The molecule has 3 aromatic carbocycles. The Morgan fingerprint density at radius 2 is 1.63 bits per heavy atom. The van der Waals surface area contributed by atoms with Gasteiger partial charge < -0.3 is 14.5 Å². The number of hydrogen-bond donors (Lipinski definition) is 0. The van der Waals surface area contributed by atoms with Crippen molar-refractivity contribution in [1.82, 2.24) is 4.90 Å². The van der Waals surface area contributed by atoms with Gasteiger partial charge in [0, 0.05) is 36.9 Å². The molecule has 35 heavy (non-hydrogen) atoms. The highest BCUT2D eigenvalue weighted by molar-refractivity contribution is 7.92.